The standard InChI is InChI=1S/C12H17NOS/c1-9-3-2-4-10-11(9)15-8-6-12(10,14)5-7-13/h2-4,14H,5-8,13H2,1H3. The smallest absolute Gasteiger partial charge is 0.0927 e. The van der Waals surface area contributed by atoms with Crippen molar-refractivity contribution in [1.29, 1.82) is 0 Å². The van der Waals surface area contributed by atoms with E-state index in [9.17, 15) is 5.11 Å². The molecule has 0 bridgehead atoms. The molecule has 0 radical (unpaired) electrons. The highest BCUT2D eigenvalue weighted by molar-refractivity contribution is 7.99. The molecular formula is C12H17NOS. The minimum Gasteiger partial charge on any atom is -0.385 e. The van der Waals surface area contributed by atoms with Gasteiger partial charge in [0.2, 0.25) is 0 Å². The highest BCUT2D eigenvalue weighted by atomic mass is 32.2. The van der Waals surface area contributed by atoms with E-state index in [4.69, 9.17) is 5.73 Å². The maximum atomic E-state index is 10.6. The number of rotatable bonds is 2. The summed E-state index contributed by atoms with van der Waals surface area (Å²) in [6, 6.07) is 6.14. The van der Waals surface area contributed by atoms with Gasteiger partial charge in [-0.2, -0.15) is 0 Å². The van der Waals surface area contributed by atoms with Gasteiger partial charge in [0.1, 0.15) is 0 Å². The number of fused-ring (bicyclic) bond motifs is 1. The molecule has 1 aliphatic rings. The molecule has 0 aliphatic carbocycles. The van der Waals surface area contributed by atoms with Crippen LogP contribution in [0.2, 0.25) is 0 Å². The van der Waals surface area contributed by atoms with Crippen molar-refractivity contribution >= 4 is 11.8 Å². The zero-order valence-electron chi connectivity index (χ0n) is 8.99. The van der Waals surface area contributed by atoms with Crippen molar-refractivity contribution in [2.24, 2.45) is 5.73 Å². The minimum atomic E-state index is -0.693. The number of hydrogen-bond acceptors (Lipinski definition) is 3. The van der Waals surface area contributed by atoms with E-state index in [2.05, 4.69) is 13.0 Å². The lowest BCUT2D eigenvalue weighted by atomic mass is 9.86. The fourth-order valence-corrected chi connectivity index (χ4v) is 3.52. The lowest BCUT2D eigenvalue weighted by Crippen LogP contribution is -2.32. The van der Waals surface area contributed by atoms with Crippen LogP contribution >= 0.6 is 11.8 Å². The molecule has 15 heavy (non-hydrogen) atoms. The van der Waals surface area contributed by atoms with Crippen LogP contribution in [-0.4, -0.2) is 17.4 Å². The number of hydrogen-bond donors (Lipinski definition) is 2. The van der Waals surface area contributed by atoms with Crippen molar-refractivity contribution in [3.8, 4) is 0 Å². The Hall–Kier alpha value is -0.510. The van der Waals surface area contributed by atoms with Gasteiger partial charge in [-0.3, -0.25) is 0 Å². The minimum absolute atomic E-state index is 0.536. The van der Waals surface area contributed by atoms with Crippen LogP contribution in [0.1, 0.15) is 24.0 Å². The lowest BCUT2D eigenvalue weighted by molar-refractivity contribution is 0.0226. The molecule has 2 nitrogen and oxygen atoms in total. The lowest BCUT2D eigenvalue weighted by Gasteiger charge is -2.34. The first kappa shape index (κ1) is 11.0. The molecule has 1 aromatic carbocycles. The van der Waals surface area contributed by atoms with Gasteiger partial charge in [0.05, 0.1) is 5.60 Å². The van der Waals surface area contributed by atoms with Crippen molar-refractivity contribution < 1.29 is 5.11 Å². The van der Waals surface area contributed by atoms with Crippen molar-refractivity contribution in [3.63, 3.8) is 0 Å². The van der Waals surface area contributed by atoms with Crippen LogP contribution in [0.4, 0.5) is 0 Å². The topological polar surface area (TPSA) is 46.2 Å². The average Bonchev–Trinajstić information content (AvgIpc) is 2.20. The third-order valence-corrected chi connectivity index (χ3v) is 4.27. The van der Waals surface area contributed by atoms with Crippen molar-refractivity contribution in [2.45, 2.75) is 30.3 Å². The third-order valence-electron chi connectivity index (χ3n) is 3.03. The van der Waals surface area contributed by atoms with E-state index in [1.807, 2.05) is 23.9 Å². The molecule has 0 spiro atoms. The first-order valence-electron chi connectivity index (χ1n) is 5.33. The number of aryl methyl sites for hydroxylation is 1. The van der Waals surface area contributed by atoms with Crippen LogP contribution in [0.25, 0.3) is 0 Å². The fraction of sp³-hybridized carbons (Fsp3) is 0.500. The summed E-state index contributed by atoms with van der Waals surface area (Å²) in [4.78, 5) is 1.25. The molecule has 0 fully saturated rings. The molecule has 3 heteroatoms. The van der Waals surface area contributed by atoms with Gasteiger partial charge in [-0.15, -0.1) is 11.8 Å². The molecule has 0 saturated carbocycles. The van der Waals surface area contributed by atoms with E-state index in [-0.39, 0.29) is 0 Å². The normalized spacial score (nSPS) is 25.0. The Labute approximate surface area is 94.9 Å². The summed E-state index contributed by atoms with van der Waals surface area (Å²) < 4.78 is 0. The van der Waals surface area contributed by atoms with Gasteiger partial charge in [0.15, 0.2) is 0 Å². The highest BCUT2D eigenvalue weighted by Gasteiger charge is 2.34. The Morgan fingerprint density at radius 2 is 2.33 bits per heavy atom. The monoisotopic (exact) mass is 223 g/mol. The first-order chi connectivity index (χ1) is 7.17. The third kappa shape index (κ3) is 1.92. The molecule has 0 saturated heterocycles. The molecule has 1 aromatic rings. The van der Waals surface area contributed by atoms with Gasteiger partial charge in [0, 0.05) is 10.6 Å². The SMILES string of the molecule is Cc1cccc2c1SCCC2(O)CCN. The van der Waals surface area contributed by atoms with Crippen LogP contribution in [0, 0.1) is 6.92 Å². The van der Waals surface area contributed by atoms with Crippen LogP contribution < -0.4 is 5.73 Å². The van der Waals surface area contributed by atoms with E-state index in [0.29, 0.717) is 13.0 Å². The Morgan fingerprint density at radius 1 is 1.53 bits per heavy atom. The zero-order valence-corrected chi connectivity index (χ0v) is 9.81. The summed E-state index contributed by atoms with van der Waals surface area (Å²) in [6.45, 7) is 2.63. The van der Waals surface area contributed by atoms with E-state index in [0.717, 1.165) is 17.7 Å². The number of nitrogens with two attached hydrogens (primary N) is 1. The summed E-state index contributed by atoms with van der Waals surface area (Å²) in [5.74, 6) is 0.981. The molecular weight excluding hydrogens is 206 g/mol. The number of aliphatic hydroxyl groups is 1. The molecule has 0 amide bonds. The Morgan fingerprint density at radius 3 is 3.07 bits per heavy atom. The zero-order chi connectivity index (χ0) is 10.9. The predicted molar refractivity (Wildman–Crippen MR) is 64.1 cm³/mol. The van der Waals surface area contributed by atoms with Gasteiger partial charge in [-0.1, -0.05) is 18.2 Å². The molecule has 1 aliphatic heterocycles. The van der Waals surface area contributed by atoms with Crippen LogP contribution in [0.15, 0.2) is 23.1 Å². The molecule has 0 aromatic heterocycles. The molecule has 2 rings (SSSR count). The van der Waals surface area contributed by atoms with Gasteiger partial charge < -0.3 is 10.8 Å². The van der Waals surface area contributed by atoms with E-state index in [1.54, 1.807) is 0 Å². The molecule has 82 valence electrons. The summed E-state index contributed by atoms with van der Waals surface area (Å²) in [5, 5.41) is 10.6. The molecule has 3 N–H and O–H groups in total. The first-order valence-corrected chi connectivity index (χ1v) is 6.31. The van der Waals surface area contributed by atoms with Crippen LogP contribution in [0.3, 0.4) is 0 Å². The number of benzene rings is 1. The van der Waals surface area contributed by atoms with E-state index < -0.39 is 5.60 Å². The quantitative estimate of drug-likeness (QED) is 0.806. The second kappa shape index (κ2) is 4.16. The summed E-state index contributed by atoms with van der Waals surface area (Å²) >= 11 is 1.84. The Bertz CT molecular complexity index is 367. The number of thioether (sulfide) groups is 1. The van der Waals surface area contributed by atoms with Crippen molar-refractivity contribution in [2.75, 3.05) is 12.3 Å². The largest absolute Gasteiger partial charge is 0.385 e. The summed E-state index contributed by atoms with van der Waals surface area (Å²) in [6.07, 6.45) is 1.47. The summed E-state index contributed by atoms with van der Waals surface area (Å²) in [7, 11) is 0. The van der Waals surface area contributed by atoms with Gasteiger partial charge in [-0.05, 0) is 37.4 Å². The Kier molecular flexibility index (Phi) is 3.05. The van der Waals surface area contributed by atoms with Gasteiger partial charge >= 0.3 is 0 Å². The van der Waals surface area contributed by atoms with Crippen molar-refractivity contribution in [3.05, 3.63) is 29.3 Å². The molecule has 1 heterocycles. The average molecular weight is 223 g/mol. The van der Waals surface area contributed by atoms with Crippen LogP contribution in [-0.2, 0) is 5.60 Å². The van der Waals surface area contributed by atoms with E-state index >= 15 is 0 Å². The Balaban J connectivity index is 2.46. The maximum absolute atomic E-state index is 10.6. The van der Waals surface area contributed by atoms with E-state index in [1.165, 1.54) is 10.5 Å². The van der Waals surface area contributed by atoms with Crippen LogP contribution in [0.5, 0.6) is 0 Å². The van der Waals surface area contributed by atoms with Crippen molar-refractivity contribution in [1.82, 2.24) is 0 Å². The summed E-state index contributed by atoms with van der Waals surface area (Å²) in [5.41, 5.74) is 7.21. The predicted octanol–water partition coefficient (Wildman–Crippen LogP) is 2.03. The molecule has 1 unspecified atom stereocenters. The van der Waals surface area contributed by atoms with Gasteiger partial charge in [-0.25, -0.2) is 0 Å². The second-order valence-electron chi connectivity index (χ2n) is 4.12. The highest BCUT2D eigenvalue weighted by Crippen LogP contribution is 2.43. The van der Waals surface area contributed by atoms with Gasteiger partial charge in [0.25, 0.3) is 0 Å². The fourth-order valence-electron chi connectivity index (χ4n) is 2.17. The maximum Gasteiger partial charge on any atom is 0.0927 e. The second-order valence-corrected chi connectivity index (χ2v) is 5.23. The molecule has 1 atom stereocenters.